The van der Waals surface area contributed by atoms with E-state index < -0.39 is 11.8 Å². The van der Waals surface area contributed by atoms with E-state index in [4.69, 9.17) is 4.74 Å². The Bertz CT molecular complexity index is 190. The van der Waals surface area contributed by atoms with Crippen molar-refractivity contribution in [2.24, 2.45) is 0 Å². The Kier molecular flexibility index (Phi) is 7.14. The molecule has 0 saturated carbocycles. The second kappa shape index (κ2) is 7.20. The van der Waals surface area contributed by atoms with Crippen molar-refractivity contribution in [1.29, 1.82) is 0 Å². The number of carbonyl (C=O) groups is 1. The first-order chi connectivity index (χ1) is 6.85. The van der Waals surface area contributed by atoms with Crippen molar-refractivity contribution in [3.63, 3.8) is 0 Å². The van der Waals surface area contributed by atoms with Gasteiger partial charge in [0.25, 0.3) is 0 Å². The van der Waals surface area contributed by atoms with E-state index >= 15 is 0 Å². The molecule has 0 bridgehead atoms. The van der Waals surface area contributed by atoms with Crippen LogP contribution < -0.4 is 0 Å². The third kappa shape index (κ3) is 10.2. The summed E-state index contributed by atoms with van der Waals surface area (Å²) in [5, 5.41) is 0.374. The average Bonchev–Trinajstić information content (AvgIpc) is 2.09. The van der Waals surface area contributed by atoms with Gasteiger partial charge >= 0.3 is 5.97 Å². The second-order valence-corrected chi connectivity index (χ2v) is 5.23. The van der Waals surface area contributed by atoms with Crippen molar-refractivity contribution < 1.29 is 13.9 Å². The van der Waals surface area contributed by atoms with Crippen LogP contribution in [0.5, 0.6) is 0 Å². The number of alkyl halides is 2. The van der Waals surface area contributed by atoms with E-state index in [1.54, 1.807) is 0 Å². The standard InChI is InChI=1S/C11H20BrFO2/c1-11(2,3)15-10(14)7-5-4-6-9(13)8-12/h9H,4-8H2,1-3H3. The lowest BCUT2D eigenvalue weighted by molar-refractivity contribution is -0.154. The molecule has 0 N–H and O–H groups in total. The number of hydrogen-bond donors (Lipinski definition) is 0. The molecule has 0 aliphatic rings. The quantitative estimate of drug-likeness (QED) is 0.423. The summed E-state index contributed by atoms with van der Waals surface area (Å²) in [7, 11) is 0. The van der Waals surface area contributed by atoms with Crippen molar-refractivity contribution in [1.82, 2.24) is 0 Å². The van der Waals surface area contributed by atoms with Crippen LogP contribution in [0.1, 0.15) is 46.5 Å². The number of ether oxygens (including phenoxy) is 1. The van der Waals surface area contributed by atoms with Gasteiger partial charge in [-0.3, -0.25) is 4.79 Å². The largest absolute Gasteiger partial charge is 0.460 e. The predicted molar refractivity (Wildman–Crippen MR) is 63.0 cm³/mol. The maximum Gasteiger partial charge on any atom is 0.306 e. The van der Waals surface area contributed by atoms with Gasteiger partial charge in [0.2, 0.25) is 0 Å². The minimum absolute atomic E-state index is 0.197. The van der Waals surface area contributed by atoms with E-state index in [0.29, 0.717) is 24.6 Å². The van der Waals surface area contributed by atoms with E-state index in [2.05, 4.69) is 15.9 Å². The van der Waals surface area contributed by atoms with Crippen LogP contribution in [0, 0.1) is 0 Å². The lowest BCUT2D eigenvalue weighted by Gasteiger charge is -2.19. The van der Waals surface area contributed by atoms with E-state index in [1.807, 2.05) is 20.8 Å². The van der Waals surface area contributed by atoms with Gasteiger partial charge in [0.05, 0.1) is 0 Å². The molecule has 0 saturated heterocycles. The summed E-state index contributed by atoms with van der Waals surface area (Å²) in [5.74, 6) is -0.197. The summed E-state index contributed by atoms with van der Waals surface area (Å²) < 4.78 is 17.9. The highest BCUT2D eigenvalue weighted by Gasteiger charge is 2.15. The van der Waals surface area contributed by atoms with Crippen LogP contribution in [-0.4, -0.2) is 23.1 Å². The molecule has 0 aromatic carbocycles. The molecule has 0 aliphatic carbocycles. The van der Waals surface area contributed by atoms with Gasteiger partial charge in [-0.05, 0) is 40.0 Å². The number of hydrogen-bond acceptors (Lipinski definition) is 2. The fourth-order valence-corrected chi connectivity index (χ4v) is 1.43. The van der Waals surface area contributed by atoms with Crippen molar-refractivity contribution in [2.75, 3.05) is 5.33 Å². The molecule has 0 amide bonds. The fourth-order valence-electron chi connectivity index (χ4n) is 1.10. The fraction of sp³-hybridized carbons (Fsp3) is 0.909. The van der Waals surface area contributed by atoms with Crippen LogP contribution in [0.3, 0.4) is 0 Å². The van der Waals surface area contributed by atoms with Gasteiger partial charge in [-0.2, -0.15) is 0 Å². The topological polar surface area (TPSA) is 26.3 Å². The maximum atomic E-state index is 12.8. The van der Waals surface area contributed by atoms with Crippen LogP contribution in [0.2, 0.25) is 0 Å². The molecular formula is C11H20BrFO2. The minimum atomic E-state index is -0.802. The third-order valence-electron chi connectivity index (χ3n) is 1.74. The number of carbonyl (C=O) groups excluding carboxylic acids is 1. The summed E-state index contributed by atoms with van der Waals surface area (Å²) in [6, 6.07) is 0. The molecule has 4 heteroatoms. The highest BCUT2D eigenvalue weighted by molar-refractivity contribution is 9.09. The first kappa shape index (κ1) is 14.9. The molecule has 0 radical (unpaired) electrons. The molecule has 0 heterocycles. The molecule has 2 nitrogen and oxygen atoms in total. The van der Waals surface area contributed by atoms with E-state index in [-0.39, 0.29) is 5.97 Å². The lowest BCUT2D eigenvalue weighted by atomic mass is 10.1. The molecule has 1 atom stereocenters. The Morgan fingerprint density at radius 3 is 2.47 bits per heavy atom. The highest BCUT2D eigenvalue weighted by atomic mass is 79.9. The molecule has 1 unspecified atom stereocenters. The summed E-state index contributed by atoms with van der Waals surface area (Å²) in [4.78, 5) is 11.2. The van der Waals surface area contributed by atoms with Gasteiger partial charge in [-0.25, -0.2) is 4.39 Å². The summed E-state index contributed by atoms with van der Waals surface area (Å²) in [5.41, 5.74) is -0.421. The van der Waals surface area contributed by atoms with Crippen molar-refractivity contribution in [3.05, 3.63) is 0 Å². The summed E-state index contributed by atoms with van der Waals surface area (Å²) >= 11 is 3.07. The molecule has 0 aliphatic heterocycles. The number of esters is 1. The van der Waals surface area contributed by atoms with E-state index in [0.717, 1.165) is 6.42 Å². The molecule has 0 rings (SSSR count). The zero-order valence-corrected chi connectivity index (χ0v) is 11.3. The normalized spacial score (nSPS) is 13.7. The van der Waals surface area contributed by atoms with Gasteiger partial charge in [0.1, 0.15) is 11.8 Å². The summed E-state index contributed by atoms with van der Waals surface area (Å²) in [6.45, 7) is 5.52. The Balaban J connectivity index is 3.48. The van der Waals surface area contributed by atoms with Crippen LogP contribution >= 0.6 is 15.9 Å². The number of unbranched alkanes of at least 4 members (excludes halogenated alkanes) is 1. The Morgan fingerprint density at radius 2 is 2.00 bits per heavy atom. The van der Waals surface area contributed by atoms with Crippen LogP contribution in [0.15, 0.2) is 0 Å². The van der Waals surface area contributed by atoms with Crippen molar-refractivity contribution in [3.8, 4) is 0 Å². The zero-order chi connectivity index (χ0) is 11.9. The van der Waals surface area contributed by atoms with Crippen LogP contribution in [0.25, 0.3) is 0 Å². The molecular weight excluding hydrogens is 263 g/mol. The van der Waals surface area contributed by atoms with Crippen LogP contribution in [0.4, 0.5) is 4.39 Å². The van der Waals surface area contributed by atoms with Crippen molar-refractivity contribution in [2.45, 2.75) is 58.2 Å². The monoisotopic (exact) mass is 282 g/mol. The SMILES string of the molecule is CC(C)(C)OC(=O)CCCCC(F)CBr. The van der Waals surface area contributed by atoms with Gasteiger partial charge in [-0.15, -0.1) is 0 Å². The summed E-state index contributed by atoms with van der Waals surface area (Å²) in [6.07, 6.45) is 1.51. The second-order valence-electron chi connectivity index (χ2n) is 4.58. The number of halogens is 2. The van der Waals surface area contributed by atoms with Crippen molar-refractivity contribution >= 4 is 21.9 Å². The minimum Gasteiger partial charge on any atom is -0.460 e. The highest BCUT2D eigenvalue weighted by Crippen LogP contribution is 2.12. The average molecular weight is 283 g/mol. The Labute approximate surface area is 99.7 Å². The Morgan fingerprint density at radius 1 is 1.40 bits per heavy atom. The molecule has 0 aromatic heterocycles. The molecule has 90 valence electrons. The van der Waals surface area contributed by atoms with Gasteiger partial charge in [0.15, 0.2) is 0 Å². The van der Waals surface area contributed by atoms with E-state index in [9.17, 15) is 9.18 Å². The molecule has 0 aromatic rings. The first-order valence-corrected chi connectivity index (χ1v) is 6.39. The molecule has 15 heavy (non-hydrogen) atoms. The lowest BCUT2D eigenvalue weighted by Crippen LogP contribution is -2.23. The smallest absolute Gasteiger partial charge is 0.306 e. The predicted octanol–water partition coefficient (Wildman–Crippen LogP) is 3.62. The third-order valence-corrected chi connectivity index (χ3v) is 2.44. The van der Waals surface area contributed by atoms with Gasteiger partial charge in [0, 0.05) is 11.8 Å². The van der Waals surface area contributed by atoms with Crippen LogP contribution in [-0.2, 0) is 9.53 Å². The number of rotatable bonds is 6. The molecule has 0 spiro atoms. The first-order valence-electron chi connectivity index (χ1n) is 5.27. The Hall–Kier alpha value is -0.120. The van der Waals surface area contributed by atoms with Gasteiger partial charge < -0.3 is 4.74 Å². The molecule has 0 fully saturated rings. The maximum absolute atomic E-state index is 12.8. The van der Waals surface area contributed by atoms with E-state index in [1.165, 1.54) is 0 Å². The van der Waals surface area contributed by atoms with Gasteiger partial charge in [-0.1, -0.05) is 15.9 Å². The zero-order valence-electron chi connectivity index (χ0n) is 9.69.